The van der Waals surface area contributed by atoms with Gasteiger partial charge in [0.05, 0.1) is 11.0 Å². The number of ether oxygens (including phenoxy) is 1. The number of nitrogens with zero attached hydrogens (tertiary/aromatic N) is 1. The Hall–Kier alpha value is -1.23. The maximum atomic E-state index is 11.0. The summed E-state index contributed by atoms with van der Waals surface area (Å²) in [4.78, 5) is 15.6. The monoisotopic (exact) mass is 225 g/mol. The van der Waals surface area contributed by atoms with Gasteiger partial charge in [-0.3, -0.25) is 4.98 Å². The standard InChI is InChI=1S/C10H11NO3S/c1-15-8-5-11-4-7(10(12)13)9(8)14-6-2-3-6/h4-6H,2-3H2,1H3,(H,12,13). The van der Waals surface area contributed by atoms with Crippen molar-refractivity contribution >= 4 is 17.7 Å². The first-order valence-corrected chi connectivity index (χ1v) is 5.86. The zero-order valence-corrected chi connectivity index (χ0v) is 9.08. The molecule has 15 heavy (non-hydrogen) atoms. The second-order valence-corrected chi connectivity index (χ2v) is 4.19. The molecule has 0 radical (unpaired) electrons. The second kappa shape index (κ2) is 4.10. The zero-order chi connectivity index (χ0) is 10.8. The SMILES string of the molecule is CSc1cncc(C(=O)O)c1OC1CC1. The van der Waals surface area contributed by atoms with E-state index < -0.39 is 5.97 Å². The highest BCUT2D eigenvalue weighted by atomic mass is 32.2. The predicted molar refractivity (Wildman–Crippen MR) is 56.6 cm³/mol. The Morgan fingerprint density at radius 3 is 2.87 bits per heavy atom. The van der Waals surface area contributed by atoms with Gasteiger partial charge in [0.25, 0.3) is 0 Å². The van der Waals surface area contributed by atoms with Gasteiger partial charge >= 0.3 is 5.97 Å². The third-order valence-corrected chi connectivity index (χ3v) is 2.85. The third-order valence-electron chi connectivity index (χ3n) is 2.12. The summed E-state index contributed by atoms with van der Waals surface area (Å²) in [6.45, 7) is 0. The van der Waals surface area contributed by atoms with E-state index in [1.54, 1.807) is 6.20 Å². The first kappa shape index (κ1) is 10.3. The van der Waals surface area contributed by atoms with Gasteiger partial charge in [-0.05, 0) is 19.1 Å². The van der Waals surface area contributed by atoms with Gasteiger partial charge < -0.3 is 9.84 Å². The molecule has 2 rings (SSSR count). The Kier molecular flexibility index (Phi) is 2.81. The van der Waals surface area contributed by atoms with Gasteiger partial charge in [0, 0.05) is 12.4 Å². The molecule has 0 saturated heterocycles. The molecule has 1 N–H and O–H groups in total. The molecule has 0 aromatic carbocycles. The van der Waals surface area contributed by atoms with E-state index in [0.717, 1.165) is 17.7 Å². The Labute approximate surface area is 91.7 Å². The summed E-state index contributed by atoms with van der Waals surface area (Å²) in [7, 11) is 0. The molecular formula is C10H11NO3S. The fourth-order valence-electron chi connectivity index (χ4n) is 1.20. The van der Waals surface area contributed by atoms with Crippen molar-refractivity contribution in [2.24, 2.45) is 0 Å². The molecule has 4 nitrogen and oxygen atoms in total. The Balaban J connectivity index is 2.38. The van der Waals surface area contributed by atoms with E-state index in [-0.39, 0.29) is 11.7 Å². The van der Waals surface area contributed by atoms with Crippen LogP contribution in [0.4, 0.5) is 0 Å². The lowest BCUT2D eigenvalue weighted by Crippen LogP contribution is -2.06. The minimum Gasteiger partial charge on any atom is -0.488 e. The highest BCUT2D eigenvalue weighted by Crippen LogP contribution is 2.35. The molecule has 0 amide bonds. The van der Waals surface area contributed by atoms with Crippen LogP contribution in [0.25, 0.3) is 0 Å². The zero-order valence-electron chi connectivity index (χ0n) is 8.27. The lowest BCUT2D eigenvalue weighted by Gasteiger charge is -2.11. The number of carbonyl (C=O) groups is 1. The third kappa shape index (κ3) is 2.23. The van der Waals surface area contributed by atoms with Crippen molar-refractivity contribution in [3.63, 3.8) is 0 Å². The Bertz CT molecular complexity index is 390. The van der Waals surface area contributed by atoms with Gasteiger partial charge in [0.15, 0.2) is 5.75 Å². The van der Waals surface area contributed by atoms with Crippen LogP contribution in [0.3, 0.4) is 0 Å². The van der Waals surface area contributed by atoms with Crippen molar-refractivity contribution in [3.05, 3.63) is 18.0 Å². The molecule has 1 aromatic heterocycles. The van der Waals surface area contributed by atoms with Crippen LogP contribution >= 0.6 is 11.8 Å². The van der Waals surface area contributed by atoms with E-state index in [1.807, 2.05) is 6.26 Å². The summed E-state index contributed by atoms with van der Waals surface area (Å²) in [6, 6.07) is 0. The molecule has 1 aliphatic rings. The first-order valence-electron chi connectivity index (χ1n) is 4.64. The number of aromatic carboxylic acids is 1. The molecular weight excluding hydrogens is 214 g/mol. The average Bonchev–Trinajstić information content (AvgIpc) is 3.01. The normalized spacial score (nSPS) is 15.0. The molecule has 1 heterocycles. The van der Waals surface area contributed by atoms with Crippen molar-refractivity contribution in [1.29, 1.82) is 0 Å². The van der Waals surface area contributed by atoms with Crippen molar-refractivity contribution in [2.75, 3.05) is 6.26 Å². The summed E-state index contributed by atoms with van der Waals surface area (Å²) in [5.41, 5.74) is 0.147. The van der Waals surface area contributed by atoms with Crippen LogP contribution in [0.2, 0.25) is 0 Å². The van der Waals surface area contributed by atoms with Crippen LogP contribution in [-0.2, 0) is 0 Å². The molecule has 0 unspecified atom stereocenters. The van der Waals surface area contributed by atoms with Gasteiger partial charge in [0.1, 0.15) is 5.56 Å². The minimum atomic E-state index is -0.992. The molecule has 0 bridgehead atoms. The van der Waals surface area contributed by atoms with Crippen molar-refractivity contribution in [1.82, 2.24) is 4.98 Å². The van der Waals surface area contributed by atoms with E-state index >= 15 is 0 Å². The van der Waals surface area contributed by atoms with Crippen LogP contribution in [0.15, 0.2) is 17.3 Å². The van der Waals surface area contributed by atoms with E-state index in [9.17, 15) is 4.79 Å². The second-order valence-electron chi connectivity index (χ2n) is 3.34. The molecule has 1 saturated carbocycles. The van der Waals surface area contributed by atoms with Crippen LogP contribution in [0.5, 0.6) is 5.75 Å². The predicted octanol–water partition coefficient (Wildman–Crippen LogP) is 2.04. The lowest BCUT2D eigenvalue weighted by molar-refractivity contribution is 0.0690. The lowest BCUT2D eigenvalue weighted by atomic mass is 10.2. The fourth-order valence-corrected chi connectivity index (χ4v) is 1.71. The van der Waals surface area contributed by atoms with Gasteiger partial charge in [0.2, 0.25) is 0 Å². The summed E-state index contributed by atoms with van der Waals surface area (Å²) >= 11 is 1.45. The molecule has 0 aliphatic heterocycles. The molecule has 80 valence electrons. The smallest absolute Gasteiger partial charge is 0.341 e. The average molecular weight is 225 g/mol. The molecule has 0 atom stereocenters. The van der Waals surface area contributed by atoms with Crippen molar-refractivity contribution in [3.8, 4) is 5.75 Å². The highest BCUT2D eigenvalue weighted by Gasteiger charge is 2.27. The first-order chi connectivity index (χ1) is 7.22. The van der Waals surface area contributed by atoms with E-state index in [2.05, 4.69) is 4.98 Å². The number of pyridine rings is 1. The fraction of sp³-hybridized carbons (Fsp3) is 0.400. The quantitative estimate of drug-likeness (QED) is 0.794. The molecule has 1 fully saturated rings. The molecule has 0 spiro atoms. The van der Waals surface area contributed by atoms with Crippen molar-refractivity contribution in [2.45, 2.75) is 23.8 Å². The Morgan fingerprint density at radius 1 is 1.60 bits per heavy atom. The Morgan fingerprint density at radius 2 is 2.33 bits per heavy atom. The van der Waals surface area contributed by atoms with Gasteiger partial charge in [-0.25, -0.2) is 4.79 Å². The number of rotatable bonds is 4. The van der Waals surface area contributed by atoms with E-state index in [1.165, 1.54) is 18.0 Å². The van der Waals surface area contributed by atoms with Gasteiger partial charge in [-0.2, -0.15) is 0 Å². The minimum absolute atomic E-state index is 0.147. The highest BCUT2D eigenvalue weighted by molar-refractivity contribution is 7.98. The largest absolute Gasteiger partial charge is 0.488 e. The number of carboxylic acid groups (broad SMARTS) is 1. The number of hydrogen-bond donors (Lipinski definition) is 1. The van der Waals surface area contributed by atoms with Gasteiger partial charge in [-0.15, -0.1) is 11.8 Å². The number of aromatic nitrogens is 1. The van der Waals surface area contributed by atoms with Crippen LogP contribution in [0, 0.1) is 0 Å². The maximum absolute atomic E-state index is 11.0. The maximum Gasteiger partial charge on any atom is 0.341 e. The number of carboxylic acids is 1. The van der Waals surface area contributed by atoms with E-state index in [0.29, 0.717) is 5.75 Å². The topological polar surface area (TPSA) is 59.4 Å². The molecule has 1 aromatic rings. The number of hydrogen-bond acceptors (Lipinski definition) is 4. The summed E-state index contributed by atoms with van der Waals surface area (Å²) in [5.74, 6) is -0.526. The van der Waals surface area contributed by atoms with Crippen LogP contribution < -0.4 is 4.74 Å². The van der Waals surface area contributed by atoms with E-state index in [4.69, 9.17) is 9.84 Å². The summed E-state index contributed by atoms with van der Waals surface area (Å²) in [6.07, 6.45) is 7.05. The van der Waals surface area contributed by atoms with Gasteiger partial charge in [-0.1, -0.05) is 0 Å². The number of thioether (sulfide) groups is 1. The summed E-state index contributed by atoms with van der Waals surface area (Å²) < 4.78 is 5.60. The molecule has 1 aliphatic carbocycles. The molecule has 5 heteroatoms. The van der Waals surface area contributed by atoms with Crippen LogP contribution in [-0.4, -0.2) is 28.4 Å². The van der Waals surface area contributed by atoms with Crippen LogP contribution in [0.1, 0.15) is 23.2 Å². The van der Waals surface area contributed by atoms with Crippen molar-refractivity contribution < 1.29 is 14.6 Å². The summed E-state index contributed by atoms with van der Waals surface area (Å²) in [5, 5.41) is 8.99.